The van der Waals surface area contributed by atoms with Gasteiger partial charge in [0.2, 0.25) is 0 Å². The highest BCUT2D eigenvalue weighted by atomic mass is 19.1. The van der Waals surface area contributed by atoms with Crippen molar-refractivity contribution in [3.8, 4) is 11.8 Å². The van der Waals surface area contributed by atoms with E-state index in [9.17, 15) is 9.18 Å². The first-order chi connectivity index (χ1) is 9.60. The van der Waals surface area contributed by atoms with Gasteiger partial charge in [-0.05, 0) is 24.6 Å². The molecule has 20 heavy (non-hydrogen) atoms. The summed E-state index contributed by atoms with van der Waals surface area (Å²) in [5.74, 6) is 4.74. The van der Waals surface area contributed by atoms with Crippen LogP contribution < -0.4 is 5.56 Å². The lowest BCUT2D eigenvalue weighted by molar-refractivity contribution is 0.350. The molecule has 0 amide bonds. The van der Waals surface area contributed by atoms with E-state index in [0.717, 1.165) is 0 Å². The van der Waals surface area contributed by atoms with Crippen molar-refractivity contribution in [2.75, 3.05) is 6.61 Å². The molecule has 1 aromatic carbocycles. The van der Waals surface area contributed by atoms with Gasteiger partial charge in [-0.25, -0.2) is 9.37 Å². The van der Waals surface area contributed by atoms with Crippen molar-refractivity contribution in [3.63, 3.8) is 0 Å². The maximum atomic E-state index is 13.2. The number of rotatable bonds is 2. The molecule has 5 heteroatoms. The minimum Gasteiger partial charge on any atom is -0.384 e. The summed E-state index contributed by atoms with van der Waals surface area (Å²) in [6.45, 7) is 1.69. The third kappa shape index (κ3) is 3.31. The Kier molecular flexibility index (Phi) is 4.28. The molecule has 2 rings (SSSR count). The van der Waals surface area contributed by atoms with Gasteiger partial charge in [-0.3, -0.25) is 9.36 Å². The molecule has 4 nitrogen and oxygen atoms in total. The topological polar surface area (TPSA) is 55.1 Å². The highest BCUT2D eigenvalue weighted by Crippen LogP contribution is 2.11. The molecule has 0 unspecified atom stereocenters. The zero-order valence-electron chi connectivity index (χ0n) is 10.9. The fourth-order valence-corrected chi connectivity index (χ4v) is 1.76. The maximum absolute atomic E-state index is 13.2. The summed E-state index contributed by atoms with van der Waals surface area (Å²) in [6.07, 6.45) is 1.45. The number of aliphatic hydroxyl groups is 1. The van der Waals surface area contributed by atoms with E-state index < -0.39 is 5.82 Å². The second kappa shape index (κ2) is 6.13. The Morgan fingerprint density at radius 3 is 2.90 bits per heavy atom. The van der Waals surface area contributed by atoms with Crippen LogP contribution in [-0.2, 0) is 6.54 Å². The normalized spacial score (nSPS) is 9.95. The number of hydrogen-bond acceptors (Lipinski definition) is 3. The smallest absolute Gasteiger partial charge is 0.253 e. The Morgan fingerprint density at radius 1 is 1.40 bits per heavy atom. The number of nitrogens with zero attached hydrogens (tertiary/aromatic N) is 2. The van der Waals surface area contributed by atoms with Crippen molar-refractivity contribution in [3.05, 3.63) is 63.6 Å². The summed E-state index contributed by atoms with van der Waals surface area (Å²) in [7, 11) is 0. The number of hydrogen-bond donors (Lipinski definition) is 1. The zero-order valence-corrected chi connectivity index (χ0v) is 10.9. The van der Waals surface area contributed by atoms with Gasteiger partial charge >= 0.3 is 0 Å². The Bertz CT molecular complexity index is 742. The van der Waals surface area contributed by atoms with Gasteiger partial charge in [0.05, 0.1) is 12.9 Å². The summed E-state index contributed by atoms with van der Waals surface area (Å²) < 4.78 is 14.7. The molecule has 2 aromatic rings. The molecule has 1 aromatic heterocycles. The van der Waals surface area contributed by atoms with Gasteiger partial charge in [0.15, 0.2) is 0 Å². The van der Waals surface area contributed by atoms with Crippen molar-refractivity contribution in [1.29, 1.82) is 0 Å². The van der Waals surface area contributed by atoms with E-state index in [4.69, 9.17) is 5.11 Å². The van der Waals surface area contributed by atoms with Crippen molar-refractivity contribution in [2.45, 2.75) is 13.5 Å². The average Bonchev–Trinajstić information content (AvgIpc) is 2.41. The first-order valence-corrected chi connectivity index (χ1v) is 6.01. The molecule has 0 radical (unpaired) electrons. The largest absolute Gasteiger partial charge is 0.384 e. The Hall–Kier alpha value is -2.45. The lowest BCUT2D eigenvalue weighted by Gasteiger charge is -2.08. The molecular formula is C15H13FN2O2. The standard InChI is InChI=1S/C15H13FN2O2/c1-11-7-15(20)18(10-17-11)9-13-4-5-14(16)8-12(13)3-2-6-19/h4-5,7-8,10,19H,6,9H2,1H3. The second-order valence-electron chi connectivity index (χ2n) is 4.26. The molecule has 0 atom stereocenters. The molecule has 0 saturated carbocycles. The number of benzene rings is 1. The number of halogens is 1. The molecule has 0 aliphatic rings. The van der Waals surface area contributed by atoms with Crippen LogP contribution in [0.1, 0.15) is 16.8 Å². The van der Waals surface area contributed by atoms with Crippen LogP contribution >= 0.6 is 0 Å². The van der Waals surface area contributed by atoms with E-state index in [1.807, 2.05) is 0 Å². The molecule has 0 spiro atoms. The Balaban J connectivity index is 2.40. The molecule has 0 saturated heterocycles. The first kappa shape index (κ1) is 14.0. The average molecular weight is 272 g/mol. The summed E-state index contributed by atoms with van der Waals surface area (Å²) >= 11 is 0. The molecule has 0 fully saturated rings. The third-order valence-electron chi connectivity index (χ3n) is 2.73. The fraction of sp³-hybridized carbons (Fsp3) is 0.200. The van der Waals surface area contributed by atoms with Crippen LogP contribution in [0.3, 0.4) is 0 Å². The molecule has 102 valence electrons. The molecule has 0 aliphatic carbocycles. The minimum absolute atomic E-state index is 0.178. The van der Waals surface area contributed by atoms with Gasteiger partial charge in [-0.1, -0.05) is 17.9 Å². The minimum atomic E-state index is -0.412. The summed E-state index contributed by atoms with van der Waals surface area (Å²) in [4.78, 5) is 15.9. The van der Waals surface area contributed by atoms with Crippen LogP contribution in [0.2, 0.25) is 0 Å². The van der Waals surface area contributed by atoms with Crippen molar-refractivity contribution < 1.29 is 9.50 Å². The van der Waals surface area contributed by atoms with Crippen LogP contribution in [0.5, 0.6) is 0 Å². The van der Waals surface area contributed by atoms with E-state index in [1.165, 1.54) is 29.1 Å². The predicted octanol–water partition coefficient (Wildman–Crippen LogP) is 1.08. The monoisotopic (exact) mass is 272 g/mol. The van der Waals surface area contributed by atoms with Gasteiger partial charge < -0.3 is 5.11 Å². The molecule has 0 bridgehead atoms. The summed E-state index contributed by atoms with van der Waals surface area (Å²) in [5, 5.41) is 8.72. The van der Waals surface area contributed by atoms with Crippen molar-refractivity contribution in [2.24, 2.45) is 0 Å². The van der Waals surface area contributed by atoms with Crippen LogP contribution in [-0.4, -0.2) is 21.3 Å². The molecular weight excluding hydrogens is 259 g/mol. The number of aromatic nitrogens is 2. The number of aryl methyl sites for hydroxylation is 1. The Morgan fingerprint density at radius 2 is 2.20 bits per heavy atom. The van der Waals surface area contributed by atoms with E-state index in [2.05, 4.69) is 16.8 Å². The van der Waals surface area contributed by atoms with E-state index >= 15 is 0 Å². The van der Waals surface area contributed by atoms with E-state index in [-0.39, 0.29) is 18.7 Å². The third-order valence-corrected chi connectivity index (χ3v) is 2.73. The summed E-state index contributed by atoms with van der Waals surface area (Å²) in [6, 6.07) is 5.60. The van der Waals surface area contributed by atoms with Crippen molar-refractivity contribution >= 4 is 0 Å². The SMILES string of the molecule is Cc1cc(=O)n(Cc2ccc(F)cc2C#CCO)cn1. The van der Waals surface area contributed by atoms with Crippen LogP contribution in [0.15, 0.2) is 35.4 Å². The lowest BCUT2D eigenvalue weighted by atomic mass is 10.1. The van der Waals surface area contributed by atoms with Gasteiger partial charge in [0, 0.05) is 17.3 Å². The highest BCUT2D eigenvalue weighted by molar-refractivity contribution is 5.42. The summed E-state index contributed by atoms with van der Waals surface area (Å²) in [5.41, 5.74) is 1.61. The van der Waals surface area contributed by atoms with Gasteiger partial charge in [0.25, 0.3) is 5.56 Å². The molecule has 1 N–H and O–H groups in total. The Labute approximate surface area is 115 Å². The van der Waals surface area contributed by atoms with E-state index in [1.54, 1.807) is 13.0 Å². The number of aliphatic hydroxyl groups excluding tert-OH is 1. The van der Waals surface area contributed by atoms with Crippen LogP contribution in [0, 0.1) is 24.6 Å². The van der Waals surface area contributed by atoms with Gasteiger partial charge in [-0.2, -0.15) is 0 Å². The first-order valence-electron chi connectivity index (χ1n) is 6.01. The van der Waals surface area contributed by atoms with Crippen LogP contribution in [0.25, 0.3) is 0 Å². The van der Waals surface area contributed by atoms with Crippen molar-refractivity contribution in [1.82, 2.24) is 9.55 Å². The zero-order chi connectivity index (χ0) is 14.5. The molecule has 0 aliphatic heterocycles. The predicted molar refractivity (Wildman–Crippen MR) is 72.7 cm³/mol. The fourth-order valence-electron chi connectivity index (χ4n) is 1.76. The lowest BCUT2D eigenvalue weighted by Crippen LogP contribution is -2.21. The second-order valence-corrected chi connectivity index (χ2v) is 4.26. The van der Waals surface area contributed by atoms with Crippen LogP contribution in [0.4, 0.5) is 4.39 Å². The quantitative estimate of drug-likeness (QED) is 0.832. The molecule has 1 heterocycles. The van der Waals surface area contributed by atoms with Gasteiger partial charge in [0.1, 0.15) is 12.4 Å². The van der Waals surface area contributed by atoms with Gasteiger partial charge in [-0.15, -0.1) is 0 Å². The van der Waals surface area contributed by atoms with E-state index in [0.29, 0.717) is 16.8 Å². The maximum Gasteiger partial charge on any atom is 0.253 e. The highest BCUT2D eigenvalue weighted by Gasteiger charge is 2.05.